The van der Waals surface area contributed by atoms with Crippen LogP contribution in [0.4, 0.5) is 0 Å². The Bertz CT molecular complexity index is 524. The third-order valence-electron chi connectivity index (χ3n) is 4.65. The zero-order valence-corrected chi connectivity index (χ0v) is 12.7. The van der Waals surface area contributed by atoms with Crippen LogP contribution in [0.15, 0.2) is 18.2 Å². The number of hydrogen-bond donors (Lipinski definition) is 1. The van der Waals surface area contributed by atoms with Gasteiger partial charge in [-0.2, -0.15) is 0 Å². The smallest absolute Gasteiger partial charge is 0.222 e. The maximum Gasteiger partial charge on any atom is 0.222 e. The lowest BCUT2D eigenvalue weighted by Crippen LogP contribution is -2.35. The second-order valence-corrected chi connectivity index (χ2v) is 6.02. The van der Waals surface area contributed by atoms with E-state index >= 15 is 0 Å². The summed E-state index contributed by atoms with van der Waals surface area (Å²) in [4.78, 5) is 13.8. The minimum absolute atomic E-state index is 0.0601. The van der Waals surface area contributed by atoms with E-state index in [4.69, 9.17) is 10.5 Å². The van der Waals surface area contributed by atoms with E-state index in [0.717, 1.165) is 38.0 Å². The molecule has 0 aromatic heterocycles. The number of nitrogens with zero attached hydrogens (tertiary/aromatic N) is 1. The zero-order valence-electron chi connectivity index (χ0n) is 12.7. The summed E-state index contributed by atoms with van der Waals surface area (Å²) in [5, 5.41) is 0. The van der Waals surface area contributed by atoms with Crippen molar-refractivity contribution in [2.75, 3.05) is 13.2 Å². The Balaban J connectivity index is 1.78. The number of carbonyl (C=O) groups excluding carboxylic acids is 1. The van der Waals surface area contributed by atoms with Crippen LogP contribution in [0.3, 0.4) is 0 Å². The lowest BCUT2D eigenvalue weighted by molar-refractivity contribution is -0.131. The minimum atomic E-state index is -0.0601. The monoisotopic (exact) mass is 288 g/mol. The van der Waals surface area contributed by atoms with E-state index in [1.165, 1.54) is 11.1 Å². The first-order valence-electron chi connectivity index (χ1n) is 7.95. The van der Waals surface area contributed by atoms with E-state index in [9.17, 15) is 4.79 Å². The summed E-state index contributed by atoms with van der Waals surface area (Å²) >= 11 is 0. The molecule has 0 radical (unpaired) electrons. The van der Waals surface area contributed by atoms with Gasteiger partial charge in [0, 0.05) is 26.1 Å². The van der Waals surface area contributed by atoms with Crippen LogP contribution in [0, 0.1) is 0 Å². The molecule has 0 spiro atoms. The van der Waals surface area contributed by atoms with Gasteiger partial charge >= 0.3 is 0 Å². The first-order chi connectivity index (χ1) is 10.2. The molecular weight excluding hydrogens is 264 g/mol. The van der Waals surface area contributed by atoms with Gasteiger partial charge in [-0.15, -0.1) is 0 Å². The largest absolute Gasteiger partial charge is 0.376 e. The van der Waals surface area contributed by atoms with Crippen molar-refractivity contribution in [3.8, 4) is 0 Å². The summed E-state index contributed by atoms with van der Waals surface area (Å²) in [6.45, 7) is 4.29. The molecule has 0 bridgehead atoms. The summed E-state index contributed by atoms with van der Waals surface area (Å²) in [7, 11) is 0. The summed E-state index contributed by atoms with van der Waals surface area (Å²) in [6.07, 6.45) is 3.79. The van der Waals surface area contributed by atoms with Crippen LogP contribution in [0.1, 0.15) is 48.9 Å². The zero-order chi connectivity index (χ0) is 14.8. The Kier molecular flexibility index (Phi) is 4.27. The van der Waals surface area contributed by atoms with E-state index in [1.807, 2.05) is 11.8 Å². The predicted octanol–water partition coefficient (Wildman–Crippen LogP) is 2.16. The van der Waals surface area contributed by atoms with Crippen LogP contribution in [0.5, 0.6) is 0 Å². The number of fused-ring (bicyclic) bond motifs is 1. The average Bonchev–Trinajstić information content (AvgIpc) is 3.06. The Hall–Kier alpha value is -1.39. The number of hydrogen-bond acceptors (Lipinski definition) is 3. The number of ether oxygens (including phenoxy) is 1. The highest BCUT2D eigenvalue weighted by Crippen LogP contribution is 2.28. The minimum Gasteiger partial charge on any atom is -0.376 e. The van der Waals surface area contributed by atoms with Crippen molar-refractivity contribution in [1.82, 2.24) is 4.90 Å². The highest BCUT2D eigenvalue weighted by Gasteiger charge is 2.26. The fourth-order valence-electron chi connectivity index (χ4n) is 3.32. The molecular formula is C17H24N2O2. The van der Waals surface area contributed by atoms with E-state index in [0.29, 0.717) is 13.0 Å². The quantitative estimate of drug-likeness (QED) is 0.927. The first kappa shape index (κ1) is 14.5. The predicted molar refractivity (Wildman–Crippen MR) is 81.8 cm³/mol. The maximum absolute atomic E-state index is 11.9. The molecule has 4 nitrogen and oxygen atoms in total. The average molecular weight is 288 g/mol. The molecule has 1 aromatic rings. The highest BCUT2D eigenvalue weighted by atomic mass is 16.5. The molecule has 114 valence electrons. The van der Waals surface area contributed by atoms with Gasteiger partial charge in [-0.05, 0) is 36.0 Å². The third-order valence-corrected chi connectivity index (χ3v) is 4.65. The molecule has 1 amide bonds. The van der Waals surface area contributed by atoms with Crippen LogP contribution < -0.4 is 5.73 Å². The molecule has 0 saturated carbocycles. The van der Waals surface area contributed by atoms with Crippen molar-refractivity contribution in [3.05, 3.63) is 34.9 Å². The van der Waals surface area contributed by atoms with Gasteiger partial charge in [0.25, 0.3) is 0 Å². The summed E-state index contributed by atoms with van der Waals surface area (Å²) in [5.41, 5.74) is 10.1. The van der Waals surface area contributed by atoms with Gasteiger partial charge in [-0.25, -0.2) is 0 Å². The highest BCUT2D eigenvalue weighted by molar-refractivity contribution is 5.76. The third kappa shape index (κ3) is 2.97. The second-order valence-electron chi connectivity index (χ2n) is 6.02. The number of amides is 1. The van der Waals surface area contributed by atoms with Crippen molar-refractivity contribution in [1.29, 1.82) is 0 Å². The number of rotatable bonds is 3. The molecule has 2 unspecified atom stereocenters. The van der Waals surface area contributed by atoms with Crippen LogP contribution >= 0.6 is 0 Å². The SMILES string of the molecule is CCC(=O)N1CCc2ccc(C(N)C3CCCO3)cc2C1. The van der Waals surface area contributed by atoms with Gasteiger partial charge in [-0.3, -0.25) is 4.79 Å². The van der Waals surface area contributed by atoms with Crippen LogP contribution in [-0.4, -0.2) is 30.1 Å². The fourth-order valence-corrected chi connectivity index (χ4v) is 3.32. The normalized spacial score (nSPS) is 23.0. The molecule has 2 aliphatic rings. The lowest BCUT2D eigenvalue weighted by atomic mass is 9.92. The van der Waals surface area contributed by atoms with Gasteiger partial charge in [0.2, 0.25) is 5.91 Å². The first-order valence-corrected chi connectivity index (χ1v) is 7.95. The van der Waals surface area contributed by atoms with E-state index in [2.05, 4.69) is 18.2 Å². The van der Waals surface area contributed by atoms with Gasteiger partial charge in [-0.1, -0.05) is 25.1 Å². The molecule has 2 atom stereocenters. The van der Waals surface area contributed by atoms with Crippen molar-refractivity contribution in [3.63, 3.8) is 0 Å². The Morgan fingerprint density at radius 3 is 3.05 bits per heavy atom. The maximum atomic E-state index is 11.9. The molecule has 1 fully saturated rings. The van der Waals surface area contributed by atoms with Gasteiger partial charge in [0.15, 0.2) is 0 Å². The van der Waals surface area contributed by atoms with E-state index in [-0.39, 0.29) is 18.1 Å². The van der Waals surface area contributed by atoms with Crippen LogP contribution in [0.2, 0.25) is 0 Å². The number of nitrogens with two attached hydrogens (primary N) is 1. The van der Waals surface area contributed by atoms with Gasteiger partial charge in [0.1, 0.15) is 0 Å². The molecule has 2 heterocycles. The Morgan fingerprint density at radius 1 is 1.48 bits per heavy atom. The molecule has 3 rings (SSSR count). The van der Waals surface area contributed by atoms with Crippen molar-refractivity contribution < 1.29 is 9.53 Å². The van der Waals surface area contributed by atoms with E-state index < -0.39 is 0 Å². The summed E-state index contributed by atoms with van der Waals surface area (Å²) < 4.78 is 5.70. The summed E-state index contributed by atoms with van der Waals surface area (Å²) in [5.74, 6) is 0.231. The molecule has 0 aliphatic carbocycles. The topological polar surface area (TPSA) is 55.6 Å². The lowest BCUT2D eigenvalue weighted by Gasteiger charge is -2.30. The van der Waals surface area contributed by atoms with Gasteiger partial charge in [0.05, 0.1) is 12.1 Å². The van der Waals surface area contributed by atoms with Crippen molar-refractivity contribution in [2.45, 2.75) is 51.3 Å². The number of carbonyl (C=O) groups is 1. The van der Waals surface area contributed by atoms with Crippen molar-refractivity contribution >= 4 is 5.91 Å². The molecule has 21 heavy (non-hydrogen) atoms. The molecule has 4 heteroatoms. The Labute approximate surface area is 126 Å². The van der Waals surface area contributed by atoms with Crippen molar-refractivity contribution in [2.24, 2.45) is 5.73 Å². The summed E-state index contributed by atoms with van der Waals surface area (Å²) in [6, 6.07) is 6.42. The standard InChI is InChI=1S/C17H24N2O2/c1-2-16(20)19-8-7-12-5-6-13(10-14(12)11-19)17(18)15-4-3-9-21-15/h5-6,10,15,17H,2-4,7-9,11,18H2,1H3. The molecule has 2 N–H and O–H groups in total. The molecule has 2 aliphatic heterocycles. The molecule has 1 aromatic carbocycles. The molecule has 1 saturated heterocycles. The van der Waals surface area contributed by atoms with Crippen LogP contribution in [0.25, 0.3) is 0 Å². The van der Waals surface area contributed by atoms with E-state index in [1.54, 1.807) is 0 Å². The second kappa shape index (κ2) is 6.16. The van der Waals surface area contributed by atoms with Crippen LogP contribution in [-0.2, 0) is 22.5 Å². The fraction of sp³-hybridized carbons (Fsp3) is 0.588. The van der Waals surface area contributed by atoms with Gasteiger partial charge < -0.3 is 15.4 Å². The Morgan fingerprint density at radius 2 is 2.33 bits per heavy atom. The number of benzene rings is 1.